The van der Waals surface area contributed by atoms with Gasteiger partial charge in [-0.05, 0) is 17.5 Å². The molecular weight excluding hydrogens is 202 g/mol. The van der Waals surface area contributed by atoms with E-state index in [9.17, 15) is 9.90 Å². The van der Waals surface area contributed by atoms with Gasteiger partial charge in [-0.15, -0.1) is 0 Å². The molecule has 0 bridgehead atoms. The van der Waals surface area contributed by atoms with E-state index in [0.29, 0.717) is 6.42 Å². The third-order valence-electron chi connectivity index (χ3n) is 3.46. The van der Waals surface area contributed by atoms with Gasteiger partial charge in [0.2, 0.25) is 0 Å². The van der Waals surface area contributed by atoms with Crippen molar-refractivity contribution in [2.75, 3.05) is 6.54 Å². The van der Waals surface area contributed by atoms with Gasteiger partial charge in [0.15, 0.2) is 0 Å². The Labute approximate surface area is 94.6 Å². The second-order valence-corrected chi connectivity index (χ2v) is 4.26. The van der Waals surface area contributed by atoms with E-state index in [1.54, 1.807) is 6.08 Å². The molecule has 0 aromatic heterocycles. The number of rotatable bonds is 4. The molecule has 0 saturated heterocycles. The van der Waals surface area contributed by atoms with Crippen molar-refractivity contribution >= 4 is 12.0 Å². The van der Waals surface area contributed by atoms with Crippen molar-refractivity contribution in [1.29, 1.82) is 0 Å². The second-order valence-electron chi connectivity index (χ2n) is 4.26. The van der Waals surface area contributed by atoms with Crippen molar-refractivity contribution in [2.24, 2.45) is 11.1 Å². The first-order valence-corrected chi connectivity index (χ1v) is 5.30. The fourth-order valence-corrected chi connectivity index (χ4v) is 2.28. The summed E-state index contributed by atoms with van der Waals surface area (Å²) in [7, 11) is 0. The van der Waals surface area contributed by atoms with Crippen LogP contribution in [0.5, 0.6) is 0 Å². The minimum atomic E-state index is -0.793. The third-order valence-corrected chi connectivity index (χ3v) is 3.46. The smallest absolute Gasteiger partial charge is 0.311 e. The number of carboxylic acid groups (broad SMARTS) is 1. The van der Waals surface area contributed by atoms with Crippen molar-refractivity contribution in [3.63, 3.8) is 0 Å². The van der Waals surface area contributed by atoms with Crippen LogP contribution in [0.2, 0.25) is 0 Å². The largest absolute Gasteiger partial charge is 0.481 e. The van der Waals surface area contributed by atoms with Crippen LogP contribution in [0, 0.1) is 5.41 Å². The molecule has 1 saturated carbocycles. The molecule has 1 aromatic rings. The Kier molecular flexibility index (Phi) is 2.56. The molecule has 0 amide bonds. The zero-order valence-corrected chi connectivity index (χ0v) is 9.02. The average Bonchev–Trinajstić information content (AvgIpc) is 3.05. The first-order chi connectivity index (χ1) is 7.65. The lowest BCUT2D eigenvalue weighted by atomic mass is 9.96. The molecular formula is C13H15NO2. The maximum atomic E-state index is 11.2. The van der Waals surface area contributed by atoms with Gasteiger partial charge >= 0.3 is 5.97 Å². The lowest BCUT2D eigenvalue weighted by Gasteiger charge is -2.11. The van der Waals surface area contributed by atoms with Crippen molar-refractivity contribution in [3.05, 3.63) is 42.0 Å². The van der Waals surface area contributed by atoms with Gasteiger partial charge < -0.3 is 10.8 Å². The minimum absolute atomic E-state index is 0.0317. The molecule has 0 radical (unpaired) electrons. The maximum Gasteiger partial charge on any atom is 0.311 e. The molecule has 3 heteroatoms. The van der Waals surface area contributed by atoms with Gasteiger partial charge in [0.25, 0.3) is 0 Å². The van der Waals surface area contributed by atoms with Crippen LogP contribution < -0.4 is 5.73 Å². The molecule has 1 aliphatic rings. The average molecular weight is 217 g/mol. The fourth-order valence-electron chi connectivity index (χ4n) is 2.28. The topological polar surface area (TPSA) is 63.3 Å². The van der Waals surface area contributed by atoms with E-state index in [1.807, 2.05) is 24.3 Å². The SMILES string of the molecule is C=Cc1ccccc1C1CC1(CN)C(=O)O. The Morgan fingerprint density at radius 1 is 1.62 bits per heavy atom. The normalized spacial score (nSPS) is 27.4. The van der Waals surface area contributed by atoms with Gasteiger partial charge in [-0.3, -0.25) is 4.79 Å². The van der Waals surface area contributed by atoms with Crippen LogP contribution in [0.1, 0.15) is 23.5 Å². The third kappa shape index (κ3) is 1.44. The van der Waals surface area contributed by atoms with E-state index in [0.717, 1.165) is 11.1 Å². The molecule has 0 aliphatic heterocycles. The highest BCUT2D eigenvalue weighted by molar-refractivity contribution is 5.81. The van der Waals surface area contributed by atoms with Crippen molar-refractivity contribution in [3.8, 4) is 0 Å². The maximum absolute atomic E-state index is 11.2. The Hall–Kier alpha value is -1.61. The number of carbonyl (C=O) groups is 1. The highest BCUT2D eigenvalue weighted by Crippen LogP contribution is 2.59. The van der Waals surface area contributed by atoms with Gasteiger partial charge in [-0.25, -0.2) is 0 Å². The van der Waals surface area contributed by atoms with Crippen LogP contribution in [0.4, 0.5) is 0 Å². The van der Waals surface area contributed by atoms with E-state index in [-0.39, 0.29) is 12.5 Å². The molecule has 0 spiro atoms. The Bertz CT molecular complexity index is 441. The first-order valence-electron chi connectivity index (χ1n) is 5.30. The number of hydrogen-bond donors (Lipinski definition) is 2. The van der Waals surface area contributed by atoms with Crippen LogP contribution in [-0.2, 0) is 4.79 Å². The van der Waals surface area contributed by atoms with Gasteiger partial charge in [0.05, 0.1) is 5.41 Å². The van der Waals surface area contributed by atoms with E-state index in [2.05, 4.69) is 6.58 Å². The van der Waals surface area contributed by atoms with Crippen LogP contribution in [-0.4, -0.2) is 17.6 Å². The van der Waals surface area contributed by atoms with E-state index >= 15 is 0 Å². The van der Waals surface area contributed by atoms with E-state index < -0.39 is 11.4 Å². The Balaban J connectivity index is 2.35. The molecule has 16 heavy (non-hydrogen) atoms. The zero-order valence-electron chi connectivity index (χ0n) is 9.02. The predicted molar refractivity (Wildman–Crippen MR) is 63.0 cm³/mol. The highest BCUT2D eigenvalue weighted by atomic mass is 16.4. The first kappa shape index (κ1) is 10.9. The number of aliphatic carboxylic acids is 1. The van der Waals surface area contributed by atoms with Crippen LogP contribution in [0.3, 0.4) is 0 Å². The second kappa shape index (κ2) is 3.76. The molecule has 1 aliphatic carbocycles. The summed E-state index contributed by atoms with van der Waals surface area (Å²) in [6.45, 7) is 3.93. The van der Waals surface area contributed by atoms with Crippen LogP contribution in [0.25, 0.3) is 6.08 Å². The summed E-state index contributed by atoms with van der Waals surface area (Å²) in [5.41, 5.74) is 6.88. The van der Waals surface area contributed by atoms with Gasteiger partial charge in [-0.1, -0.05) is 36.9 Å². The lowest BCUT2D eigenvalue weighted by molar-refractivity contribution is -0.143. The molecule has 1 aromatic carbocycles. The van der Waals surface area contributed by atoms with Crippen molar-refractivity contribution in [2.45, 2.75) is 12.3 Å². The van der Waals surface area contributed by atoms with Gasteiger partial charge in [-0.2, -0.15) is 0 Å². The summed E-state index contributed by atoms with van der Waals surface area (Å²) in [5, 5.41) is 9.19. The van der Waals surface area contributed by atoms with Crippen molar-refractivity contribution < 1.29 is 9.90 Å². The molecule has 3 N–H and O–H groups in total. The van der Waals surface area contributed by atoms with Crippen LogP contribution >= 0.6 is 0 Å². The lowest BCUT2D eigenvalue weighted by Crippen LogP contribution is -2.26. The summed E-state index contributed by atoms with van der Waals surface area (Å²) in [4.78, 5) is 11.2. The zero-order chi connectivity index (χ0) is 11.8. The van der Waals surface area contributed by atoms with Gasteiger partial charge in [0, 0.05) is 12.5 Å². The highest BCUT2D eigenvalue weighted by Gasteiger charge is 2.60. The summed E-state index contributed by atoms with van der Waals surface area (Å²) in [6.07, 6.45) is 2.39. The van der Waals surface area contributed by atoms with E-state index in [4.69, 9.17) is 5.73 Å². The Morgan fingerprint density at radius 2 is 2.31 bits per heavy atom. The molecule has 2 unspecified atom stereocenters. The quantitative estimate of drug-likeness (QED) is 0.809. The number of carboxylic acids is 1. The molecule has 1 fully saturated rings. The monoisotopic (exact) mass is 217 g/mol. The number of benzene rings is 1. The fraction of sp³-hybridized carbons (Fsp3) is 0.308. The van der Waals surface area contributed by atoms with Crippen molar-refractivity contribution in [1.82, 2.24) is 0 Å². The predicted octanol–water partition coefficient (Wildman–Crippen LogP) is 1.85. The van der Waals surface area contributed by atoms with Crippen LogP contribution in [0.15, 0.2) is 30.8 Å². The number of hydrogen-bond acceptors (Lipinski definition) is 2. The summed E-state index contributed by atoms with van der Waals surface area (Å²) >= 11 is 0. The summed E-state index contributed by atoms with van der Waals surface area (Å²) in [6, 6.07) is 7.75. The number of nitrogens with two attached hydrogens (primary N) is 1. The molecule has 2 atom stereocenters. The van der Waals surface area contributed by atoms with Gasteiger partial charge in [0.1, 0.15) is 0 Å². The van der Waals surface area contributed by atoms with E-state index in [1.165, 1.54) is 0 Å². The summed E-state index contributed by atoms with van der Waals surface area (Å²) in [5.74, 6) is -0.761. The molecule has 3 nitrogen and oxygen atoms in total. The summed E-state index contributed by atoms with van der Waals surface area (Å²) < 4.78 is 0. The Morgan fingerprint density at radius 3 is 2.81 bits per heavy atom. The standard InChI is InChI=1S/C13H15NO2/c1-2-9-5-3-4-6-10(9)11-7-13(11,8-14)12(15)16/h2-6,11H,1,7-8,14H2,(H,15,16). The molecule has 0 heterocycles. The molecule has 84 valence electrons. The molecule has 2 rings (SSSR count). The minimum Gasteiger partial charge on any atom is -0.481 e.